The van der Waals surface area contributed by atoms with Crippen LogP contribution in [0, 0.1) is 0 Å². The first-order valence-corrected chi connectivity index (χ1v) is 4.47. The van der Waals surface area contributed by atoms with Gasteiger partial charge in [-0.3, -0.25) is 5.43 Å². The molecule has 0 saturated heterocycles. The van der Waals surface area contributed by atoms with Gasteiger partial charge in [-0.1, -0.05) is 6.08 Å². The minimum absolute atomic E-state index is 0.262. The number of hydrogen-bond donors (Lipinski definition) is 2. The van der Waals surface area contributed by atoms with Crippen molar-refractivity contribution in [1.29, 1.82) is 0 Å². The first-order valence-electron chi connectivity index (χ1n) is 4.47. The van der Waals surface area contributed by atoms with Crippen molar-refractivity contribution in [2.45, 2.75) is 6.92 Å². The molecule has 0 aromatic heterocycles. The third-order valence-electron chi connectivity index (χ3n) is 1.68. The molecule has 15 heavy (non-hydrogen) atoms. The van der Waals surface area contributed by atoms with E-state index in [2.05, 4.69) is 10.5 Å². The van der Waals surface area contributed by atoms with Crippen LogP contribution in [0.15, 0.2) is 41.5 Å². The molecule has 0 saturated carbocycles. The summed E-state index contributed by atoms with van der Waals surface area (Å²) < 4.78 is 0. The minimum Gasteiger partial charge on any atom is -0.478 e. The van der Waals surface area contributed by atoms with Crippen LogP contribution in [0.1, 0.15) is 17.3 Å². The van der Waals surface area contributed by atoms with Crippen LogP contribution in [0.5, 0.6) is 0 Å². The highest BCUT2D eigenvalue weighted by Crippen LogP contribution is 2.08. The molecule has 1 aromatic rings. The highest BCUT2D eigenvalue weighted by atomic mass is 16.4. The molecule has 4 heteroatoms. The zero-order valence-corrected chi connectivity index (χ0v) is 8.34. The van der Waals surface area contributed by atoms with Crippen molar-refractivity contribution in [3.63, 3.8) is 0 Å². The van der Waals surface area contributed by atoms with Crippen LogP contribution < -0.4 is 5.43 Å². The lowest BCUT2D eigenvalue weighted by Gasteiger charge is -1.99. The average Bonchev–Trinajstić information content (AvgIpc) is 2.25. The Hall–Kier alpha value is -2.10. The second-order valence-corrected chi connectivity index (χ2v) is 2.80. The van der Waals surface area contributed by atoms with Gasteiger partial charge in [-0.15, -0.1) is 0 Å². The molecule has 0 bridgehead atoms. The Labute approximate surface area is 87.9 Å². The van der Waals surface area contributed by atoms with E-state index in [1.54, 1.807) is 24.4 Å². The number of rotatable bonds is 4. The fourth-order valence-corrected chi connectivity index (χ4v) is 0.928. The minimum atomic E-state index is -0.932. The molecule has 0 aliphatic carbocycles. The number of hydrazone groups is 1. The van der Waals surface area contributed by atoms with Gasteiger partial charge in [0.15, 0.2) is 0 Å². The number of carboxylic acids is 1. The number of carbonyl (C=O) groups is 1. The molecule has 78 valence electrons. The van der Waals surface area contributed by atoms with Crippen LogP contribution in [-0.4, -0.2) is 17.3 Å². The van der Waals surface area contributed by atoms with Crippen LogP contribution in [0.2, 0.25) is 0 Å². The number of nitrogens with zero attached hydrogens (tertiary/aromatic N) is 1. The summed E-state index contributed by atoms with van der Waals surface area (Å²) in [7, 11) is 0. The molecule has 0 heterocycles. The van der Waals surface area contributed by atoms with Gasteiger partial charge in [0, 0.05) is 6.21 Å². The zero-order valence-electron chi connectivity index (χ0n) is 8.34. The van der Waals surface area contributed by atoms with Crippen LogP contribution in [0.3, 0.4) is 0 Å². The Morgan fingerprint density at radius 3 is 2.60 bits per heavy atom. The Balaban J connectivity index is 2.61. The van der Waals surface area contributed by atoms with Crippen molar-refractivity contribution in [2.75, 3.05) is 5.43 Å². The fraction of sp³-hybridized carbons (Fsp3) is 0.0909. The van der Waals surface area contributed by atoms with Crippen LogP contribution >= 0.6 is 0 Å². The van der Waals surface area contributed by atoms with Gasteiger partial charge in [0.05, 0.1) is 11.3 Å². The molecular weight excluding hydrogens is 192 g/mol. The molecule has 0 aliphatic heterocycles. The summed E-state index contributed by atoms with van der Waals surface area (Å²) in [6, 6.07) is 6.37. The van der Waals surface area contributed by atoms with Crippen molar-refractivity contribution < 1.29 is 9.90 Å². The monoisotopic (exact) mass is 204 g/mol. The SMILES string of the molecule is C/C=C\C=N\Nc1ccc(C(=O)O)cc1. The number of nitrogens with one attached hydrogen (secondary N) is 1. The Kier molecular flexibility index (Phi) is 4.09. The summed E-state index contributed by atoms with van der Waals surface area (Å²) in [6.07, 6.45) is 5.27. The maximum absolute atomic E-state index is 10.6. The molecule has 1 aromatic carbocycles. The molecule has 0 amide bonds. The van der Waals surface area contributed by atoms with Gasteiger partial charge in [0.25, 0.3) is 0 Å². The second kappa shape index (κ2) is 5.59. The standard InChI is InChI=1S/C11H12N2O2/c1-2-3-8-12-13-10-6-4-9(5-7-10)11(14)15/h2-8,13H,1H3,(H,14,15)/b3-2-,12-8+. The molecule has 0 unspecified atom stereocenters. The summed E-state index contributed by atoms with van der Waals surface area (Å²) >= 11 is 0. The van der Waals surface area contributed by atoms with Gasteiger partial charge in [-0.25, -0.2) is 4.79 Å². The topological polar surface area (TPSA) is 61.7 Å². The van der Waals surface area contributed by atoms with E-state index in [9.17, 15) is 4.79 Å². The van der Waals surface area contributed by atoms with E-state index in [1.165, 1.54) is 12.1 Å². The van der Waals surface area contributed by atoms with E-state index in [-0.39, 0.29) is 5.56 Å². The number of anilines is 1. The first-order chi connectivity index (χ1) is 7.24. The lowest BCUT2D eigenvalue weighted by Crippen LogP contribution is -1.96. The molecule has 0 fully saturated rings. The first kappa shape index (κ1) is 11.0. The third kappa shape index (κ3) is 3.64. The Bertz CT molecular complexity index is 380. The summed E-state index contributed by atoms with van der Waals surface area (Å²) in [5.41, 5.74) is 3.78. The maximum atomic E-state index is 10.6. The van der Waals surface area contributed by atoms with Gasteiger partial charge in [0.2, 0.25) is 0 Å². The van der Waals surface area contributed by atoms with E-state index in [0.29, 0.717) is 0 Å². The average molecular weight is 204 g/mol. The lowest BCUT2D eigenvalue weighted by atomic mass is 10.2. The predicted molar refractivity (Wildman–Crippen MR) is 60.3 cm³/mol. The Morgan fingerprint density at radius 1 is 1.40 bits per heavy atom. The summed E-state index contributed by atoms with van der Waals surface area (Å²) in [5, 5.41) is 12.6. The fourth-order valence-electron chi connectivity index (χ4n) is 0.928. The molecular formula is C11H12N2O2. The van der Waals surface area contributed by atoms with E-state index >= 15 is 0 Å². The van der Waals surface area contributed by atoms with Crippen LogP contribution in [-0.2, 0) is 0 Å². The lowest BCUT2D eigenvalue weighted by molar-refractivity contribution is 0.0697. The van der Waals surface area contributed by atoms with Crippen LogP contribution in [0.4, 0.5) is 5.69 Å². The number of allylic oxidation sites excluding steroid dienone is 2. The number of aromatic carboxylic acids is 1. The van der Waals surface area contributed by atoms with Crippen molar-refractivity contribution >= 4 is 17.9 Å². The third-order valence-corrected chi connectivity index (χ3v) is 1.68. The molecule has 0 atom stereocenters. The Morgan fingerprint density at radius 2 is 2.07 bits per heavy atom. The van der Waals surface area contributed by atoms with Crippen LogP contribution in [0.25, 0.3) is 0 Å². The summed E-state index contributed by atoms with van der Waals surface area (Å²) in [5.74, 6) is -0.932. The van der Waals surface area contributed by atoms with Crippen molar-refractivity contribution in [3.8, 4) is 0 Å². The molecule has 0 aliphatic rings. The highest BCUT2D eigenvalue weighted by molar-refractivity contribution is 5.88. The largest absolute Gasteiger partial charge is 0.478 e. The van der Waals surface area contributed by atoms with Gasteiger partial charge in [-0.05, 0) is 37.3 Å². The number of carboxylic acid groups (broad SMARTS) is 1. The summed E-state index contributed by atoms with van der Waals surface area (Å²) in [6.45, 7) is 1.90. The van der Waals surface area contributed by atoms with Gasteiger partial charge >= 0.3 is 5.97 Å². The predicted octanol–water partition coefficient (Wildman–Crippen LogP) is 2.36. The van der Waals surface area contributed by atoms with Gasteiger partial charge in [-0.2, -0.15) is 5.10 Å². The van der Waals surface area contributed by atoms with Gasteiger partial charge in [0.1, 0.15) is 0 Å². The normalized spacial score (nSPS) is 11.0. The number of benzene rings is 1. The van der Waals surface area contributed by atoms with E-state index in [4.69, 9.17) is 5.11 Å². The van der Waals surface area contributed by atoms with Crippen molar-refractivity contribution in [1.82, 2.24) is 0 Å². The molecule has 1 rings (SSSR count). The maximum Gasteiger partial charge on any atom is 0.335 e. The highest BCUT2D eigenvalue weighted by Gasteiger charge is 2.00. The second-order valence-electron chi connectivity index (χ2n) is 2.80. The molecule has 0 radical (unpaired) electrons. The van der Waals surface area contributed by atoms with E-state index in [1.807, 2.05) is 13.0 Å². The van der Waals surface area contributed by atoms with E-state index < -0.39 is 5.97 Å². The quantitative estimate of drug-likeness (QED) is 0.584. The molecule has 4 nitrogen and oxygen atoms in total. The molecule has 2 N–H and O–H groups in total. The molecule has 0 spiro atoms. The summed E-state index contributed by atoms with van der Waals surface area (Å²) in [4.78, 5) is 10.6. The van der Waals surface area contributed by atoms with Crippen molar-refractivity contribution in [3.05, 3.63) is 42.0 Å². The van der Waals surface area contributed by atoms with Crippen molar-refractivity contribution in [2.24, 2.45) is 5.10 Å². The zero-order chi connectivity index (χ0) is 11.1. The number of hydrogen-bond acceptors (Lipinski definition) is 3. The van der Waals surface area contributed by atoms with Gasteiger partial charge < -0.3 is 5.11 Å². The van der Waals surface area contributed by atoms with E-state index in [0.717, 1.165) is 5.69 Å². The smallest absolute Gasteiger partial charge is 0.335 e.